The van der Waals surface area contributed by atoms with Gasteiger partial charge in [0.2, 0.25) is 0 Å². The maximum absolute atomic E-state index is 12.5. The smallest absolute Gasteiger partial charge is 0.274 e. The van der Waals surface area contributed by atoms with Crippen LogP contribution in [0.5, 0.6) is 11.5 Å². The molecule has 1 fully saturated rings. The first kappa shape index (κ1) is 14.1. The molecule has 0 radical (unpaired) electrons. The highest BCUT2D eigenvalue weighted by atomic mass is 16.6. The molecule has 6 nitrogen and oxygen atoms in total. The van der Waals surface area contributed by atoms with E-state index in [0.29, 0.717) is 24.8 Å². The summed E-state index contributed by atoms with van der Waals surface area (Å²) in [5, 5.41) is 7.11. The van der Waals surface area contributed by atoms with Crippen molar-refractivity contribution in [2.45, 2.75) is 24.9 Å². The zero-order valence-corrected chi connectivity index (χ0v) is 13.0. The average molecular weight is 313 g/mol. The number of hydrogen-bond acceptors (Lipinski definition) is 4. The lowest BCUT2D eigenvalue weighted by atomic mass is 10.2. The van der Waals surface area contributed by atoms with Gasteiger partial charge in [-0.1, -0.05) is 12.1 Å². The van der Waals surface area contributed by atoms with Crippen LogP contribution in [0.15, 0.2) is 30.3 Å². The first-order valence-corrected chi connectivity index (χ1v) is 7.90. The summed E-state index contributed by atoms with van der Waals surface area (Å²) < 4.78 is 11.6. The summed E-state index contributed by atoms with van der Waals surface area (Å²) in [5.41, 5.74) is 1.53. The molecule has 1 atom stereocenters. The Hall–Kier alpha value is -2.50. The van der Waals surface area contributed by atoms with Crippen molar-refractivity contribution in [3.8, 4) is 11.5 Å². The van der Waals surface area contributed by atoms with Crippen LogP contribution in [-0.2, 0) is 0 Å². The molecule has 1 aromatic heterocycles. The minimum Gasteiger partial charge on any atom is -0.486 e. The second-order valence-electron chi connectivity index (χ2n) is 6.17. The molecule has 0 saturated heterocycles. The number of hydrogen-bond donors (Lipinski definition) is 1. The highest BCUT2D eigenvalue weighted by Gasteiger charge is 2.28. The second kappa shape index (κ2) is 5.61. The molecule has 1 unspecified atom stereocenters. The summed E-state index contributed by atoms with van der Waals surface area (Å²) in [6, 6.07) is 9.43. The predicted molar refractivity (Wildman–Crippen MR) is 83.9 cm³/mol. The van der Waals surface area contributed by atoms with E-state index in [2.05, 4.69) is 10.2 Å². The highest BCUT2D eigenvalue weighted by molar-refractivity contribution is 5.92. The van der Waals surface area contributed by atoms with E-state index in [1.165, 1.54) is 12.8 Å². The van der Waals surface area contributed by atoms with Gasteiger partial charge in [-0.3, -0.25) is 9.89 Å². The van der Waals surface area contributed by atoms with Crippen molar-refractivity contribution < 1.29 is 14.3 Å². The van der Waals surface area contributed by atoms with Gasteiger partial charge in [-0.25, -0.2) is 0 Å². The third-order valence-corrected chi connectivity index (χ3v) is 4.23. The Morgan fingerprint density at radius 1 is 1.35 bits per heavy atom. The number of carbonyl (C=O) groups is 1. The van der Waals surface area contributed by atoms with E-state index in [1.54, 1.807) is 11.9 Å². The van der Waals surface area contributed by atoms with Crippen LogP contribution in [0.4, 0.5) is 0 Å². The Kier molecular flexibility index (Phi) is 3.44. The number of aromatic nitrogens is 2. The van der Waals surface area contributed by atoms with E-state index in [9.17, 15) is 4.79 Å². The molecule has 0 bridgehead atoms. The van der Waals surface area contributed by atoms with Crippen molar-refractivity contribution in [3.05, 3.63) is 41.7 Å². The van der Waals surface area contributed by atoms with Gasteiger partial charge < -0.3 is 14.4 Å². The molecule has 1 aromatic carbocycles. The van der Waals surface area contributed by atoms with Crippen LogP contribution in [-0.4, -0.2) is 47.3 Å². The Labute approximate surface area is 134 Å². The molecule has 0 spiro atoms. The van der Waals surface area contributed by atoms with Gasteiger partial charge >= 0.3 is 0 Å². The Morgan fingerprint density at radius 2 is 2.13 bits per heavy atom. The number of H-pyrrole nitrogens is 1. The minimum absolute atomic E-state index is 0.101. The van der Waals surface area contributed by atoms with Gasteiger partial charge in [0.05, 0.1) is 6.54 Å². The van der Waals surface area contributed by atoms with Crippen LogP contribution in [0.3, 0.4) is 0 Å². The number of nitrogens with one attached hydrogen (secondary N) is 1. The van der Waals surface area contributed by atoms with E-state index in [0.717, 1.165) is 17.2 Å². The number of rotatable bonds is 4. The Morgan fingerprint density at radius 3 is 2.91 bits per heavy atom. The molecule has 1 amide bonds. The van der Waals surface area contributed by atoms with Gasteiger partial charge in [0.1, 0.15) is 12.3 Å². The van der Waals surface area contributed by atoms with Crippen LogP contribution in [0.2, 0.25) is 0 Å². The number of nitrogens with zero attached hydrogens (tertiary/aromatic N) is 2. The van der Waals surface area contributed by atoms with Crippen molar-refractivity contribution >= 4 is 5.91 Å². The number of fused-ring (bicyclic) bond motifs is 1. The lowest BCUT2D eigenvalue weighted by Gasteiger charge is -2.29. The summed E-state index contributed by atoms with van der Waals surface area (Å²) in [6.07, 6.45) is 2.18. The number of para-hydroxylation sites is 2. The van der Waals surface area contributed by atoms with Crippen LogP contribution in [0.1, 0.15) is 34.9 Å². The van der Waals surface area contributed by atoms with Gasteiger partial charge in [0, 0.05) is 18.7 Å². The van der Waals surface area contributed by atoms with Crippen LogP contribution in [0, 0.1) is 0 Å². The first-order chi connectivity index (χ1) is 11.2. The van der Waals surface area contributed by atoms with Crippen molar-refractivity contribution in [2.24, 2.45) is 0 Å². The second-order valence-corrected chi connectivity index (χ2v) is 6.17. The van der Waals surface area contributed by atoms with Crippen molar-refractivity contribution in [3.63, 3.8) is 0 Å². The maximum atomic E-state index is 12.5. The van der Waals surface area contributed by atoms with Gasteiger partial charge in [-0.15, -0.1) is 0 Å². The van der Waals surface area contributed by atoms with Crippen LogP contribution in [0.25, 0.3) is 0 Å². The maximum Gasteiger partial charge on any atom is 0.274 e. The number of carbonyl (C=O) groups excluding carboxylic acids is 1. The van der Waals surface area contributed by atoms with Crippen molar-refractivity contribution in [1.82, 2.24) is 15.1 Å². The number of aromatic amines is 1. The largest absolute Gasteiger partial charge is 0.486 e. The summed E-state index contributed by atoms with van der Waals surface area (Å²) >= 11 is 0. The SMILES string of the molecule is CN(CC1COc2ccccc2O1)C(=O)c1cc(C2CC2)[nH]n1. The summed E-state index contributed by atoms with van der Waals surface area (Å²) in [7, 11) is 1.76. The first-order valence-electron chi connectivity index (χ1n) is 7.90. The van der Waals surface area contributed by atoms with Crippen molar-refractivity contribution in [2.75, 3.05) is 20.2 Å². The number of likely N-dealkylation sites (N-methyl/N-ethyl adjacent to an activating group) is 1. The van der Waals surface area contributed by atoms with Crippen LogP contribution < -0.4 is 9.47 Å². The molecule has 2 heterocycles. The Bertz CT molecular complexity index is 723. The zero-order valence-electron chi connectivity index (χ0n) is 13.0. The fraction of sp³-hybridized carbons (Fsp3) is 0.412. The summed E-state index contributed by atoms with van der Waals surface area (Å²) in [6.45, 7) is 0.890. The monoisotopic (exact) mass is 313 g/mol. The highest BCUT2D eigenvalue weighted by Crippen LogP contribution is 2.39. The van der Waals surface area contributed by atoms with Gasteiger partial charge in [-0.05, 0) is 31.0 Å². The van der Waals surface area contributed by atoms with Crippen LogP contribution >= 0.6 is 0 Å². The normalized spacial score (nSPS) is 19.4. The lowest BCUT2D eigenvalue weighted by molar-refractivity contribution is 0.0517. The lowest BCUT2D eigenvalue weighted by Crippen LogP contribution is -2.41. The third-order valence-electron chi connectivity index (χ3n) is 4.23. The van der Waals surface area contributed by atoms with Gasteiger partial charge in [-0.2, -0.15) is 5.10 Å². The molecule has 120 valence electrons. The van der Waals surface area contributed by atoms with E-state index in [1.807, 2.05) is 30.3 Å². The van der Waals surface area contributed by atoms with E-state index in [4.69, 9.17) is 9.47 Å². The molecule has 4 rings (SSSR count). The van der Waals surface area contributed by atoms with E-state index >= 15 is 0 Å². The topological polar surface area (TPSA) is 67.5 Å². The van der Waals surface area contributed by atoms with E-state index < -0.39 is 0 Å². The fourth-order valence-electron chi connectivity index (χ4n) is 2.79. The molecule has 1 aliphatic carbocycles. The molecule has 23 heavy (non-hydrogen) atoms. The zero-order chi connectivity index (χ0) is 15.8. The quantitative estimate of drug-likeness (QED) is 0.939. The molecular formula is C17H19N3O3. The fourth-order valence-corrected chi connectivity index (χ4v) is 2.79. The molecular weight excluding hydrogens is 294 g/mol. The Balaban J connectivity index is 1.39. The number of benzene rings is 1. The van der Waals surface area contributed by atoms with E-state index in [-0.39, 0.29) is 12.0 Å². The van der Waals surface area contributed by atoms with Gasteiger partial charge in [0.25, 0.3) is 5.91 Å². The minimum atomic E-state index is -0.180. The third kappa shape index (κ3) is 2.88. The predicted octanol–water partition coefficient (Wildman–Crippen LogP) is 2.20. The number of amides is 1. The summed E-state index contributed by atoms with van der Waals surface area (Å²) in [5.74, 6) is 1.93. The molecule has 1 saturated carbocycles. The molecule has 2 aliphatic rings. The molecule has 2 aromatic rings. The molecule has 1 aliphatic heterocycles. The van der Waals surface area contributed by atoms with Gasteiger partial charge in [0.15, 0.2) is 17.6 Å². The molecule has 1 N–H and O–H groups in total. The number of ether oxygens (including phenoxy) is 2. The van der Waals surface area contributed by atoms with Crippen molar-refractivity contribution in [1.29, 1.82) is 0 Å². The summed E-state index contributed by atoms with van der Waals surface area (Å²) in [4.78, 5) is 14.1. The standard InChI is InChI=1S/C17H19N3O3/c1-20(17(21)14-8-13(18-19-14)11-6-7-11)9-12-10-22-15-4-2-3-5-16(15)23-12/h2-5,8,11-12H,6-7,9-10H2,1H3,(H,18,19). The molecule has 6 heteroatoms. The average Bonchev–Trinajstić information content (AvgIpc) is 3.31.